The third-order valence-corrected chi connectivity index (χ3v) is 5.78. The van der Waals surface area contributed by atoms with E-state index in [-0.39, 0.29) is 4.90 Å². The molecule has 0 radical (unpaired) electrons. The molecule has 1 heterocycles. The Morgan fingerprint density at radius 1 is 1.12 bits per heavy atom. The van der Waals surface area contributed by atoms with Crippen LogP contribution in [-0.4, -0.2) is 24.1 Å². The average molecular weight is 369 g/mol. The first-order valence-corrected chi connectivity index (χ1v) is 9.51. The summed E-state index contributed by atoms with van der Waals surface area (Å²) in [6.45, 7) is 3.24. The van der Waals surface area contributed by atoms with Gasteiger partial charge in [-0.2, -0.15) is 5.10 Å². The van der Waals surface area contributed by atoms with Crippen molar-refractivity contribution in [2.45, 2.75) is 18.7 Å². The van der Waals surface area contributed by atoms with Gasteiger partial charge in [0.1, 0.15) is 4.90 Å². The van der Waals surface area contributed by atoms with Gasteiger partial charge in [0.25, 0.3) is 15.9 Å². The number of rotatable bonds is 4. The molecule has 0 aliphatic carbocycles. The van der Waals surface area contributed by atoms with Crippen LogP contribution in [0.4, 0.5) is 0 Å². The summed E-state index contributed by atoms with van der Waals surface area (Å²) in [5.74, 6) is -0.708. The SMILES string of the molecule is Cc1nn(C)c(C)c1S(=O)(=O)NC(=O)/C=C/c1cccc2ccccc12. The van der Waals surface area contributed by atoms with Crippen LogP contribution in [0.5, 0.6) is 0 Å². The van der Waals surface area contributed by atoms with Gasteiger partial charge in [0.15, 0.2) is 0 Å². The molecule has 0 atom stereocenters. The highest BCUT2D eigenvalue weighted by Gasteiger charge is 2.24. The molecular weight excluding hydrogens is 350 g/mol. The maximum atomic E-state index is 12.5. The number of aryl methyl sites for hydroxylation is 2. The molecule has 6 nitrogen and oxygen atoms in total. The van der Waals surface area contributed by atoms with Gasteiger partial charge in [0, 0.05) is 13.1 Å². The van der Waals surface area contributed by atoms with Crippen LogP contribution in [0.1, 0.15) is 17.0 Å². The van der Waals surface area contributed by atoms with Crippen molar-refractivity contribution in [1.29, 1.82) is 0 Å². The highest BCUT2D eigenvalue weighted by molar-refractivity contribution is 7.90. The number of hydrogen-bond donors (Lipinski definition) is 1. The van der Waals surface area contributed by atoms with Crippen LogP contribution in [0.15, 0.2) is 53.4 Å². The number of carbonyl (C=O) groups is 1. The van der Waals surface area contributed by atoms with Crippen LogP contribution < -0.4 is 4.72 Å². The molecule has 1 N–H and O–H groups in total. The van der Waals surface area contributed by atoms with Crippen molar-refractivity contribution >= 4 is 32.8 Å². The fourth-order valence-electron chi connectivity index (χ4n) is 2.92. The van der Waals surface area contributed by atoms with E-state index in [0.29, 0.717) is 11.4 Å². The molecule has 0 aliphatic rings. The van der Waals surface area contributed by atoms with Gasteiger partial charge in [0.05, 0.1) is 11.4 Å². The minimum atomic E-state index is -3.98. The van der Waals surface area contributed by atoms with Gasteiger partial charge in [0.2, 0.25) is 0 Å². The quantitative estimate of drug-likeness (QED) is 0.717. The van der Waals surface area contributed by atoms with Gasteiger partial charge in [-0.3, -0.25) is 9.48 Å². The van der Waals surface area contributed by atoms with E-state index in [2.05, 4.69) is 9.82 Å². The summed E-state index contributed by atoms with van der Waals surface area (Å²) >= 11 is 0. The highest BCUT2D eigenvalue weighted by atomic mass is 32.2. The average Bonchev–Trinajstić information content (AvgIpc) is 2.85. The minimum absolute atomic E-state index is 0.0342. The Balaban J connectivity index is 1.85. The molecule has 2 aromatic carbocycles. The van der Waals surface area contributed by atoms with E-state index in [1.165, 1.54) is 10.8 Å². The molecule has 0 saturated heterocycles. The van der Waals surface area contributed by atoms with Gasteiger partial charge in [-0.25, -0.2) is 13.1 Å². The zero-order valence-corrected chi connectivity index (χ0v) is 15.5. The van der Waals surface area contributed by atoms with E-state index in [1.54, 1.807) is 27.0 Å². The third-order valence-electron chi connectivity index (χ3n) is 4.18. The summed E-state index contributed by atoms with van der Waals surface area (Å²) < 4.78 is 28.6. The van der Waals surface area contributed by atoms with Gasteiger partial charge >= 0.3 is 0 Å². The summed E-state index contributed by atoms with van der Waals surface area (Å²) in [5, 5.41) is 6.11. The minimum Gasteiger partial charge on any atom is -0.271 e. The van der Waals surface area contributed by atoms with E-state index >= 15 is 0 Å². The highest BCUT2D eigenvalue weighted by Crippen LogP contribution is 2.20. The van der Waals surface area contributed by atoms with Gasteiger partial charge in [-0.05, 0) is 36.3 Å². The Kier molecular flexibility index (Phi) is 4.65. The zero-order chi connectivity index (χ0) is 18.9. The molecule has 0 spiro atoms. The predicted molar refractivity (Wildman–Crippen MR) is 101 cm³/mol. The molecule has 0 unspecified atom stereocenters. The van der Waals surface area contributed by atoms with E-state index in [1.807, 2.05) is 42.5 Å². The van der Waals surface area contributed by atoms with Gasteiger partial charge in [-0.1, -0.05) is 42.5 Å². The molecule has 0 aliphatic heterocycles. The number of benzene rings is 2. The van der Waals surface area contributed by atoms with Crippen molar-refractivity contribution < 1.29 is 13.2 Å². The van der Waals surface area contributed by atoms with Crippen LogP contribution in [0.2, 0.25) is 0 Å². The van der Waals surface area contributed by atoms with E-state index in [0.717, 1.165) is 16.3 Å². The van der Waals surface area contributed by atoms with Crippen molar-refractivity contribution in [1.82, 2.24) is 14.5 Å². The van der Waals surface area contributed by atoms with Gasteiger partial charge < -0.3 is 0 Å². The lowest BCUT2D eigenvalue weighted by Gasteiger charge is -2.05. The standard InChI is InChI=1S/C19H19N3O3S/c1-13-19(14(2)22(3)20-13)26(24,25)21-18(23)12-11-16-9-6-8-15-7-4-5-10-17(15)16/h4-12H,1-3H3,(H,21,23)/b12-11+. The van der Waals surface area contributed by atoms with Crippen LogP contribution in [-0.2, 0) is 21.9 Å². The monoisotopic (exact) mass is 369 g/mol. The number of amides is 1. The Morgan fingerprint density at radius 3 is 2.50 bits per heavy atom. The molecule has 134 valence electrons. The number of carbonyl (C=O) groups excluding carboxylic acids is 1. The zero-order valence-electron chi connectivity index (χ0n) is 14.7. The number of aromatic nitrogens is 2. The van der Waals surface area contributed by atoms with Crippen LogP contribution in [0, 0.1) is 13.8 Å². The fourth-order valence-corrected chi connectivity index (χ4v) is 4.31. The molecule has 7 heteroatoms. The first-order valence-electron chi connectivity index (χ1n) is 8.02. The summed E-state index contributed by atoms with van der Waals surface area (Å²) in [5.41, 5.74) is 1.66. The lowest BCUT2D eigenvalue weighted by atomic mass is 10.0. The molecule has 0 fully saturated rings. The van der Waals surface area contributed by atoms with Crippen LogP contribution in [0.3, 0.4) is 0 Å². The lowest BCUT2D eigenvalue weighted by molar-refractivity contribution is -0.114. The number of sulfonamides is 1. The van der Waals surface area contributed by atoms with Crippen molar-refractivity contribution in [3.8, 4) is 0 Å². The van der Waals surface area contributed by atoms with E-state index in [4.69, 9.17) is 0 Å². The maximum Gasteiger partial charge on any atom is 0.267 e. The summed E-state index contributed by atoms with van der Waals surface area (Å²) in [6.07, 6.45) is 2.83. The molecular formula is C19H19N3O3S. The number of nitrogens with one attached hydrogen (secondary N) is 1. The Bertz CT molecular complexity index is 1120. The number of fused-ring (bicyclic) bond motifs is 1. The second-order valence-corrected chi connectivity index (χ2v) is 7.61. The van der Waals surface area contributed by atoms with Crippen LogP contribution >= 0.6 is 0 Å². The normalized spacial score (nSPS) is 12.0. The first kappa shape index (κ1) is 17.9. The maximum absolute atomic E-state index is 12.5. The predicted octanol–water partition coefficient (Wildman–Crippen LogP) is 2.71. The third kappa shape index (κ3) is 3.39. The summed E-state index contributed by atoms with van der Waals surface area (Å²) in [4.78, 5) is 12.2. The largest absolute Gasteiger partial charge is 0.271 e. The van der Waals surface area contributed by atoms with Crippen molar-refractivity contribution in [2.75, 3.05) is 0 Å². The van der Waals surface area contributed by atoms with Gasteiger partial charge in [-0.15, -0.1) is 0 Å². The smallest absolute Gasteiger partial charge is 0.267 e. The molecule has 1 aromatic heterocycles. The van der Waals surface area contributed by atoms with Crippen molar-refractivity contribution in [2.24, 2.45) is 7.05 Å². The van der Waals surface area contributed by atoms with E-state index in [9.17, 15) is 13.2 Å². The van der Waals surface area contributed by atoms with Crippen LogP contribution in [0.25, 0.3) is 16.8 Å². The summed E-state index contributed by atoms with van der Waals surface area (Å²) in [7, 11) is -2.32. The summed E-state index contributed by atoms with van der Waals surface area (Å²) in [6, 6.07) is 13.5. The van der Waals surface area contributed by atoms with E-state index < -0.39 is 15.9 Å². The molecule has 3 aromatic rings. The second-order valence-electron chi connectivity index (χ2n) is 6.00. The molecule has 26 heavy (non-hydrogen) atoms. The fraction of sp³-hybridized carbons (Fsp3) is 0.158. The topological polar surface area (TPSA) is 81.1 Å². The Labute approximate surface area is 152 Å². The molecule has 1 amide bonds. The first-order chi connectivity index (χ1) is 12.3. The molecule has 0 bridgehead atoms. The Hall–Kier alpha value is -2.93. The second kappa shape index (κ2) is 6.76. The number of nitrogens with zero attached hydrogens (tertiary/aromatic N) is 2. The lowest BCUT2D eigenvalue weighted by Crippen LogP contribution is -2.29. The van der Waals surface area contributed by atoms with Crippen molar-refractivity contribution in [3.63, 3.8) is 0 Å². The number of hydrogen-bond acceptors (Lipinski definition) is 4. The molecule has 3 rings (SSSR count). The van der Waals surface area contributed by atoms with Crippen molar-refractivity contribution in [3.05, 3.63) is 65.5 Å². The Morgan fingerprint density at radius 2 is 1.81 bits per heavy atom. The molecule has 0 saturated carbocycles.